The second-order valence-electron chi connectivity index (χ2n) is 2.49. The fourth-order valence-corrected chi connectivity index (χ4v) is 0.952. The number of hydrogen-bond donors (Lipinski definition) is 1. The van der Waals surface area contributed by atoms with Crippen LogP contribution in [0.3, 0.4) is 0 Å². The maximum atomic E-state index is 12.5. The Kier molecular flexibility index (Phi) is 5.60. The van der Waals surface area contributed by atoms with Crippen molar-refractivity contribution in [3.8, 4) is 0 Å². The Hall–Kier alpha value is -0.110. The average molecular weight is 147 g/mol. The molecule has 0 aliphatic carbocycles. The summed E-state index contributed by atoms with van der Waals surface area (Å²) in [4.78, 5) is 0. The van der Waals surface area contributed by atoms with Crippen LogP contribution in [0, 0.1) is 5.92 Å². The molecule has 0 aromatic rings. The van der Waals surface area contributed by atoms with Crippen molar-refractivity contribution in [3.05, 3.63) is 0 Å². The highest BCUT2D eigenvalue weighted by Crippen LogP contribution is 2.13. The van der Waals surface area contributed by atoms with Gasteiger partial charge in [0.1, 0.15) is 6.17 Å². The van der Waals surface area contributed by atoms with Gasteiger partial charge in [-0.2, -0.15) is 0 Å². The van der Waals surface area contributed by atoms with Gasteiger partial charge in [0.15, 0.2) is 0 Å². The minimum absolute atomic E-state index is 0.274. The maximum Gasteiger partial charge on any atom is 0.115 e. The van der Waals surface area contributed by atoms with Crippen molar-refractivity contribution in [2.75, 3.05) is 13.1 Å². The maximum absolute atomic E-state index is 12.5. The number of nitrogens with one attached hydrogen (secondary N) is 1. The zero-order valence-electron chi connectivity index (χ0n) is 7.15. The van der Waals surface area contributed by atoms with Gasteiger partial charge < -0.3 is 5.32 Å². The van der Waals surface area contributed by atoms with E-state index in [1.54, 1.807) is 0 Å². The van der Waals surface area contributed by atoms with Crippen LogP contribution in [0.25, 0.3) is 0 Å². The Balaban J connectivity index is 0.000000371. The summed E-state index contributed by atoms with van der Waals surface area (Å²) in [6, 6.07) is 0. The molecule has 0 aromatic heterocycles. The monoisotopic (exact) mass is 147 g/mol. The topological polar surface area (TPSA) is 12.0 Å². The first-order valence-corrected chi connectivity index (χ1v) is 4.15. The van der Waals surface area contributed by atoms with Crippen molar-refractivity contribution in [2.45, 2.75) is 33.4 Å². The Morgan fingerprint density at radius 3 is 2.30 bits per heavy atom. The Morgan fingerprint density at radius 1 is 1.40 bits per heavy atom. The fourth-order valence-electron chi connectivity index (χ4n) is 0.952. The SMILES string of the molecule is CC.C[C@H]1CCNC[C@H]1F. The van der Waals surface area contributed by atoms with Crippen LogP contribution < -0.4 is 5.32 Å². The van der Waals surface area contributed by atoms with Crippen molar-refractivity contribution in [2.24, 2.45) is 5.92 Å². The molecule has 0 bridgehead atoms. The van der Waals surface area contributed by atoms with Crippen molar-refractivity contribution in [1.82, 2.24) is 5.32 Å². The number of hydrogen-bond acceptors (Lipinski definition) is 1. The van der Waals surface area contributed by atoms with Crippen LogP contribution in [0.15, 0.2) is 0 Å². The van der Waals surface area contributed by atoms with Gasteiger partial charge in [0.2, 0.25) is 0 Å². The second kappa shape index (κ2) is 5.66. The molecular weight excluding hydrogens is 129 g/mol. The lowest BCUT2D eigenvalue weighted by molar-refractivity contribution is 0.194. The molecule has 10 heavy (non-hydrogen) atoms. The molecule has 0 aromatic carbocycles. The number of rotatable bonds is 0. The molecule has 0 saturated carbocycles. The first-order chi connectivity index (χ1) is 4.80. The van der Waals surface area contributed by atoms with Crippen LogP contribution in [-0.4, -0.2) is 19.3 Å². The van der Waals surface area contributed by atoms with E-state index in [2.05, 4.69) is 5.32 Å². The minimum Gasteiger partial charge on any atom is -0.314 e. The number of alkyl halides is 1. The molecule has 1 rings (SSSR count). The Morgan fingerprint density at radius 2 is 2.00 bits per heavy atom. The van der Waals surface area contributed by atoms with E-state index in [-0.39, 0.29) is 5.92 Å². The van der Waals surface area contributed by atoms with Gasteiger partial charge in [-0.05, 0) is 18.9 Å². The minimum atomic E-state index is -0.608. The van der Waals surface area contributed by atoms with Crippen LogP contribution in [-0.2, 0) is 0 Å². The van der Waals surface area contributed by atoms with Gasteiger partial charge in [-0.25, -0.2) is 4.39 Å². The Bertz CT molecular complexity index is 65.7. The highest BCUT2D eigenvalue weighted by Gasteiger charge is 2.18. The highest BCUT2D eigenvalue weighted by molar-refractivity contribution is 4.73. The van der Waals surface area contributed by atoms with Crippen molar-refractivity contribution < 1.29 is 4.39 Å². The van der Waals surface area contributed by atoms with Crippen LogP contribution >= 0.6 is 0 Å². The molecule has 0 spiro atoms. The third-order valence-corrected chi connectivity index (χ3v) is 1.73. The summed E-state index contributed by atoms with van der Waals surface area (Å²) in [5.41, 5.74) is 0. The zero-order valence-corrected chi connectivity index (χ0v) is 7.15. The standard InChI is InChI=1S/C6H12FN.C2H6/c1-5-2-3-8-4-6(5)7;1-2/h5-6,8H,2-4H2,1H3;1-2H3/t5-,6+;/m0./s1. The van der Waals surface area contributed by atoms with Gasteiger partial charge in [0, 0.05) is 6.54 Å². The molecule has 0 amide bonds. The van der Waals surface area contributed by atoms with Crippen molar-refractivity contribution in [3.63, 3.8) is 0 Å². The molecular formula is C8H18FN. The van der Waals surface area contributed by atoms with Gasteiger partial charge in [-0.15, -0.1) is 0 Å². The quantitative estimate of drug-likeness (QED) is 0.552. The molecule has 0 radical (unpaired) electrons. The fraction of sp³-hybridized carbons (Fsp3) is 1.00. The first-order valence-electron chi connectivity index (χ1n) is 4.15. The second-order valence-corrected chi connectivity index (χ2v) is 2.49. The van der Waals surface area contributed by atoms with Crippen LogP contribution in [0.2, 0.25) is 0 Å². The lowest BCUT2D eigenvalue weighted by Crippen LogP contribution is -2.36. The van der Waals surface area contributed by atoms with E-state index in [1.165, 1.54) is 0 Å². The van der Waals surface area contributed by atoms with E-state index in [4.69, 9.17) is 0 Å². The average Bonchev–Trinajstić information content (AvgIpc) is 2.00. The van der Waals surface area contributed by atoms with Gasteiger partial charge >= 0.3 is 0 Å². The summed E-state index contributed by atoms with van der Waals surface area (Å²) < 4.78 is 12.5. The summed E-state index contributed by atoms with van der Waals surface area (Å²) in [5.74, 6) is 0.274. The van der Waals surface area contributed by atoms with E-state index < -0.39 is 6.17 Å². The highest BCUT2D eigenvalue weighted by atomic mass is 19.1. The van der Waals surface area contributed by atoms with E-state index in [0.29, 0.717) is 6.54 Å². The van der Waals surface area contributed by atoms with Gasteiger partial charge in [-0.3, -0.25) is 0 Å². The summed E-state index contributed by atoms with van der Waals surface area (Å²) in [7, 11) is 0. The molecule has 1 N–H and O–H groups in total. The summed E-state index contributed by atoms with van der Waals surface area (Å²) >= 11 is 0. The zero-order chi connectivity index (χ0) is 7.98. The van der Waals surface area contributed by atoms with E-state index in [9.17, 15) is 4.39 Å². The number of halogens is 1. The van der Waals surface area contributed by atoms with E-state index >= 15 is 0 Å². The van der Waals surface area contributed by atoms with Gasteiger partial charge in [0.05, 0.1) is 0 Å². The smallest absolute Gasteiger partial charge is 0.115 e. The van der Waals surface area contributed by atoms with Crippen molar-refractivity contribution >= 4 is 0 Å². The molecule has 0 unspecified atom stereocenters. The largest absolute Gasteiger partial charge is 0.314 e. The van der Waals surface area contributed by atoms with Crippen LogP contribution in [0.4, 0.5) is 4.39 Å². The van der Waals surface area contributed by atoms with Crippen molar-refractivity contribution in [1.29, 1.82) is 0 Å². The van der Waals surface area contributed by atoms with E-state index in [0.717, 1.165) is 13.0 Å². The normalized spacial score (nSPS) is 32.4. The predicted octanol–water partition coefficient (Wildman–Crippen LogP) is 1.98. The summed E-state index contributed by atoms with van der Waals surface area (Å²) in [5, 5.41) is 2.99. The molecule has 1 aliphatic heterocycles. The molecule has 62 valence electrons. The van der Waals surface area contributed by atoms with Crippen LogP contribution in [0.1, 0.15) is 27.2 Å². The van der Waals surface area contributed by atoms with Gasteiger partial charge in [-0.1, -0.05) is 20.8 Å². The number of piperidine rings is 1. The molecule has 1 aliphatic rings. The first kappa shape index (κ1) is 9.89. The van der Waals surface area contributed by atoms with E-state index in [1.807, 2.05) is 20.8 Å². The molecule has 1 heterocycles. The molecule has 2 heteroatoms. The summed E-state index contributed by atoms with van der Waals surface area (Å²) in [6.45, 7) is 7.51. The molecule has 1 nitrogen and oxygen atoms in total. The molecule has 1 fully saturated rings. The molecule has 1 saturated heterocycles. The third-order valence-electron chi connectivity index (χ3n) is 1.73. The van der Waals surface area contributed by atoms with Gasteiger partial charge in [0.25, 0.3) is 0 Å². The third kappa shape index (κ3) is 3.16. The molecule has 2 atom stereocenters. The predicted molar refractivity (Wildman–Crippen MR) is 42.9 cm³/mol. The lowest BCUT2D eigenvalue weighted by Gasteiger charge is -2.22. The lowest BCUT2D eigenvalue weighted by atomic mass is 9.99. The van der Waals surface area contributed by atoms with Crippen LogP contribution in [0.5, 0.6) is 0 Å². The summed E-state index contributed by atoms with van der Waals surface area (Å²) in [6.07, 6.45) is 0.380. The Labute approximate surface area is 63.0 Å².